The summed E-state index contributed by atoms with van der Waals surface area (Å²) in [6, 6.07) is 15.3. The monoisotopic (exact) mass is 255 g/mol. The second kappa shape index (κ2) is 5.82. The van der Waals surface area contributed by atoms with Gasteiger partial charge in [-0.3, -0.25) is 4.79 Å². The number of ketones is 1. The van der Waals surface area contributed by atoms with Crippen LogP contribution in [0.4, 0.5) is 5.69 Å². The van der Waals surface area contributed by atoms with Crippen LogP contribution in [0.15, 0.2) is 54.6 Å². The fraction of sp³-hybridized carbons (Fsp3) is 0.0667. The van der Waals surface area contributed by atoms with E-state index in [1.165, 1.54) is 12.1 Å². The highest BCUT2D eigenvalue weighted by atomic mass is 16.4. The minimum Gasteiger partial charge on any atom is -0.478 e. The number of carboxylic acids is 1. The third kappa shape index (κ3) is 3.42. The molecule has 0 saturated carbocycles. The van der Waals surface area contributed by atoms with Crippen LogP contribution >= 0.6 is 0 Å². The number of anilines is 1. The molecule has 0 bridgehead atoms. The molecule has 0 aliphatic carbocycles. The number of benzene rings is 2. The van der Waals surface area contributed by atoms with Gasteiger partial charge in [-0.2, -0.15) is 0 Å². The van der Waals surface area contributed by atoms with Crippen LogP contribution in [-0.2, 0) is 0 Å². The van der Waals surface area contributed by atoms with Crippen molar-refractivity contribution in [1.82, 2.24) is 0 Å². The largest absolute Gasteiger partial charge is 0.478 e. The van der Waals surface area contributed by atoms with Gasteiger partial charge in [0, 0.05) is 11.3 Å². The lowest BCUT2D eigenvalue weighted by atomic mass is 10.1. The molecule has 0 aliphatic rings. The summed E-state index contributed by atoms with van der Waals surface area (Å²) in [5.41, 5.74) is 1.59. The second-order valence-electron chi connectivity index (χ2n) is 4.03. The number of aromatic carboxylic acids is 1. The summed E-state index contributed by atoms with van der Waals surface area (Å²) in [5, 5.41) is 11.7. The second-order valence-corrected chi connectivity index (χ2v) is 4.03. The van der Waals surface area contributed by atoms with E-state index in [2.05, 4.69) is 5.32 Å². The summed E-state index contributed by atoms with van der Waals surface area (Å²) in [6.45, 7) is 0.177. The van der Waals surface area contributed by atoms with E-state index in [9.17, 15) is 9.59 Å². The van der Waals surface area contributed by atoms with Gasteiger partial charge in [-0.1, -0.05) is 30.3 Å². The molecule has 0 amide bonds. The Balaban J connectivity index is 1.95. The lowest BCUT2D eigenvalue weighted by molar-refractivity contribution is 0.0696. The van der Waals surface area contributed by atoms with Crippen LogP contribution in [0.5, 0.6) is 0 Å². The van der Waals surface area contributed by atoms with Crippen LogP contribution in [0.1, 0.15) is 20.7 Å². The highest BCUT2D eigenvalue weighted by Gasteiger charge is 2.05. The van der Waals surface area contributed by atoms with Crippen LogP contribution < -0.4 is 5.32 Å². The predicted octanol–water partition coefficient (Wildman–Crippen LogP) is 2.68. The topological polar surface area (TPSA) is 66.4 Å². The van der Waals surface area contributed by atoms with Gasteiger partial charge in [0.2, 0.25) is 0 Å². The molecule has 0 unspecified atom stereocenters. The number of nitrogens with one attached hydrogen (secondary N) is 1. The maximum atomic E-state index is 11.8. The summed E-state index contributed by atoms with van der Waals surface area (Å²) in [4.78, 5) is 22.5. The molecule has 96 valence electrons. The molecule has 2 N–H and O–H groups in total. The number of Topliss-reactive ketones (excluding diaryl/α,β-unsaturated/α-hetero) is 1. The van der Waals surface area contributed by atoms with Crippen molar-refractivity contribution in [3.05, 3.63) is 65.7 Å². The Morgan fingerprint density at radius 1 is 0.895 bits per heavy atom. The van der Waals surface area contributed by atoms with Crippen molar-refractivity contribution in [1.29, 1.82) is 0 Å². The molecule has 0 spiro atoms. The molecule has 0 radical (unpaired) electrons. The Morgan fingerprint density at radius 3 is 2.11 bits per heavy atom. The maximum absolute atomic E-state index is 11.8. The minimum atomic E-state index is -0.966. The quantitative estimate of drug-likeness (QED) is 0.806. The van der Waals surface area contributed by atoms with Crippen molar-refractivity contribution in [3.63, 3.8) is 0 Å². The summed E-state index contributed by atoms with van der Waals surface area (Å²) in [5.74, 6) is -0.977. The normalized spacial score (nSPS) is 9.89. The van der Waals surface area contributed by atoms with Gasteiger partial charge in [0.05, 0.1) is 12.1 Å². The molecule has 0 atom stereocenters. The molecular weight excluding hydrogens is 242 g/mol. The number of hydrogen-bond acceptors (Lipinski definition) is 3. The molecule has 0 aromatic heterocycles. The van der Waals surface area contributed by atoms with Gasteiger partial charge < -0.3 is 10.4 Å². The number of carbonyl (C=O) groups is 2. The van der Waals surface area contributed by atoms with Crippen molar-refractivity contribution in [2.45, 2.75) is 0 Å². The standard InChI is InChI=1S/C15H13NO3/c17-14(11-4-2-1-3-5-11)10-16-13-8-6-12(7-9-13)15(18)19/h1-9,16H,10H2,(H,18,19). The Bertz CT molecular complexity index is 576. The van der Waals surface area contributed by atoms with E-state index < -0.39 is 5.97 Å². The smallest absolute Gasteiger partial charge is 0.335 e. The van der Waals surface area contributed by atoms with Gasteiger partial charge in [0.15, 0.2) is 5.78 Å². The highest BCUT2D eigenvalue weighted by molar-refractivity contribution is 5.99. The first-order valence-electron chi connectivity index (χ1n) is 5.82. The molecule has 0 heterocycles. The van der Waals surface area contributed by atoms with Gasteiger partial charge in [-0.25, -0.2) is 4.79 Å². The van der Waals surface area contributed by atoms with E-state index in [-0.39, 0.29) is 17.9 Å². The summed E-state index contributed by atoms with van der Waals surface area (Å²) in [7, 11) is 0. The van der Waals surface area contributed by atoms with E-state index in [1.807, 2.05) is 18.2 Å². The zero-order chi connectivity index (χ0) is 13.7. The summed E-state index contributed by atoms with van der Waals surface area (Å²) in [6.07, 6.45) is 0. The highest BCUT2D eigenvalue weighted by Crippen LogP contribution is 2.10. The Kier molecular flexibility index (Phi) is 3.93. The molecule has 0 saturated heterocycles. The number of rotatable bonds is 5. The first kappa shape index (κ1) is 12.8. The average Bonchev–Trinajstić information content (AvgIpc) is 2.46. The molecule has 0 aliphatic heterocycles. The van der Waals surface area contributed by atoms with E-state index in [0.717, 1.165) is 0 Å². The van der Waals surface area contributed by atoms with Crippen LogP contribution in [0, 0.1) is 0 Å². The number of hydrogen-bond donors (Lipinski definition) is 2. The van der Waals surface area contributed by atoms with Gasteiger partial charge in [0.25, 0.3) is 0 Å². The van der Waals surface area contributed by atoms with Crippen molar-refractivity contribution in [3.8, 4) is 0 Å². The fourth-order valence-electron chi connectivity index (χ4n) is 1.64. The van der Waals surface area contributed by atoms with Crippen molar-refractivity contribution < 1.29 is 14.7 Å². The average molecular weight is 255 g/mol. The Morgan fingerprint density at radius 2 is 1.53 bits per heavy atom. The Labute approximate surface area is 110 Å². The third-order valence-electron chi connectivity index (χ3n) is 2.68. The maximum Gasteiger partial charge on any atom is 0.335 e. The molecule has 4 nitrogen and oxygen atoms in total. The van der Waals surface area contributed by atoms with Gasteiger partial charge in [-0.15, -0.1) is 0 Å². The molecule has 19 heavy (non-hydrogen) atoms. The number of carboxylic acid groups (broad SMARTS) is 1. The van der Waals surface area contributed by atoms with Gasteiger partial charge in [0.1, 0.15) is 0 Å². The van der Waals surface area contributed by atoms with E-state index in [4.69, 9.17) is 5.11 Å². The van der Waals surface area contributed by atoms with Crippen LogP contribution in [0.25, 0.3) is 0 Å². The van der Waals surface area contributed by atoms with Crippen molar-refractivity contribution in [2.75, 3.05) is 11.9 Å². The van der Waals surface area contributed by atoms with Crippen LogP contribution in [0.2, 0.25) is 0 Å². The van der Waals surface area contributed by atoms with Crippen LogP contribution in [-0.4, -0.2) is 23.4 Å². The summed E-state index contributed by atoms with van der Waals surface area (Å²) >= 11 is 0. The SMILES string of the molecule is O=C(O)c1ccc(NCC(=O)c2ccccc2)cc1. The molecule has 4 heteroatoms. The number of carbonyl (C=O) groups excluding carboxylic acids is 1. The lowest BCUT2D eigenvalue weighted by Gasteiger charge is -2.06. The van der Waals surface area contributed by atoms with Crippen molar-refractivity contribution >= 4 is 17.4 Å². The van der Waals surface area contributed by atoms with E-state index in [1.54, 1.807) is 24.3 Å². The Hall–Kier alpha value is -2.62. The summed E-state index contributed by atoms with van der Waals surface area (Å²) < 4.78 is 0. The van der Waals surface area contributed by atoms with Crippen molar-refractivity contribution in [2.24, 2.45) is 0 Å². The zero-order valence-electron chi connectivity index (χ0n) is 10.2. The first-order chi connectivity index (χ1) is 9.16. The van der Waals surface area contributed by atoms with E-state index >= 15 is 0 Å². The van der Waals surface area contributed by atoms with Crippen LogP contribution in [0.3, 0.4) is 0 Å². The molecule has 0 fully saturated rings. The molecule has 2 aromatic carbocycles. The molecule has 2 aromatic rings. The molecular formula is C15H13NO3. The van der Waals surface area contributed by atoms with E-state index in [0.29, 0.717) is 11.3 Å². The lowest BCUT2D eigenvalue weighted by Crippen LogP contribution is -2.13. The van der Waals surface area contributed by atoms with Gasteiger partial charge in [-0.05, 0) is 24.3 Å². The van der Waals surface area contributed by atoms with Gasteiger partial charge >= 0.3 is 5.97 Å². The predicted molar refractivity (Wildman–Crippen MR) is 72.7 cm³/mol. The zero-order valence-corrected chi connectivity index (χ0v) is 10.2. The fourth-order valence-corrected chi connectivity index (χ4v) is 1.64. The third-order valence-corrected chi connectivity index (χ3v) is 2.68. The molecule has 2 rings (SSSR count). The minimum absolute atomic E-state index is 0.0112. The first-order valence-corrected chi connectivity index (χ1v) is 5.82.